The molecular weight excluding hydrogens is 256 g/mol. The Labute approximate surface area is 110 Å². The maximum absolute atomic E-state index is 5.86. The summed E-state index contributed by atoms with van der Waals surface area (Å²) in [6.07, 6.45) is 0. The lowest BCUT2D eigenvalue weighted by Crippen LogP contribution is -1.98. The second-order valence-electron chi connectivity index (χ2n) is 3.37. The molecule has 0 aliphatic carbocycles. The first-order valence-corrected chi connectivity index (χ1v) is 6.58. The summed E-state index contributed by atoms with van der Waals surface area (Å²) in [5, 5.41) is 0. The Morgan fingerprint density at radius 2 is 1.76 bits per heavy atom. The molecule has 2 rings (SSSR count). The van der Waals surface area contributed by atoms with Crippen LogP contribution in [0.3, 0.4) is 0 Å². The number of benzene rings is 1. The highest BCUT2D eigenvalue weighted by atomic mass is 35.5. The molecule has 1 aromatic heterocycles. The summed E-state index contributed by atoms with van der Waals surface area (Å²) in [5.41, 5.74) is 0. The number of rotatable bonds is 5. The molecule has 0 spiro atoms. The number of ether oxygens (including phenoxy) is 2. The fourth-order valence-corrected chi connectivity index (χ4v) is 2.42. The molecule has 0 amide bonds. The summed E-state index contributed by atoms with van der Waals surface area (Å²) in [5.74, 6) is 1.54. The third kappa shape index (κ3) is 3.38. The lowest BCUT2D eigenvalue weighted by molar-refractivity contribution is 0.271. The standard InChI is InChI=1S/C13H13ClO2S/c1-2-15-11-5-3-4-6-12(11)16-9-10-7-8-13(14)17-10/h3-8H,2,9H2,1H3. The van der Waals surface area contributed by atoms with Gasteiger partial charge in [-0.05, 0) is 31.2 Å². The van der Waals surface area contributed by atoms with Crippen LogP contribution in [0.2, 0.25) is 4.34 Å². The van der Waals surface area contributed by atoms with Crippen LogP contribution in [0, 0.1) is 0 Å². The highest BCUT2D eigenvalue weighted by Crippen LogP contribution is 2.28. The van der Waals surface area contributed by atoms with Crippen molar-refractivity contribution in [3.05, 3.63) is 45.6 Å². The van der Waals surface area contributed by atoms with Crippen molar-refractivity contribution in [2.24, 2.45) is 0 Å². The smallest absolute Gasteiger partial charge is 0.161 e. The molecule has 0 saturated heterocycles. The van der Waals surface area contributed by atoms with Gasteiger partial charge < -0.3 is 9.47 Å². The van der Waals surface area contributed by atoms with E-state index in [0.29, 0.717) is 13.2 Å². The van der Waals surface area contributed by atoms with Crippen LogP contribution in [0.15, 0.2) is 36.4 Å². The molecule has 0 aliphatic rings. The minimum absolute atomic E-state index is 0.515. The molecule has 0 unspecified atom stereocenters. The van der Waals surface area contributed by atoms with Crippen LogP contribution in [0.5, 0.6) is 11.5 Å². The van der Waals surface area contributed by atoms with Gasteiger partial charge in [-0.1, -0.05) is 23.7 Å². The van der Waals surface area contributed by atoms with Crippen molar-refractivity contribution in [1.82, 2.24) is 0 Å². The molecule has 4 heteroatoms. The molecule has 0 radical (unpaired) electrons. The molecule has 2 aromatic rings. The van der Waals surface area contributed by atoms with Gasteiger partial charge >= 0.3 is 0 Å². The van der Waals surface area contributed by atoms with Gasteiger partial charge in [-0.15, -0.1) is 11.3 Å². The fraction of sp³-hybridized carbons (Fsp3) is 0.231. The van der Waals surface area contributed by atoms with E-state index in [0.717, 1.165) is 20.7 Å². The van der Waals surface area contributed by atoms with Gasteiger partial charge in [0.2, 0.25) is 0 Å². The van der Waals surface area contributed by atoms with Gasteiger partial charge in [0, 0.05) is 4.88 Å². The van der Waals surface area contributed by atoms with E-state index in [1.165, 1.54) is 11.3 Å². The van der Waals surface area contributed by atoms with Crippen LogP contribution < -0.4 is 9.47 Å². The van der Waals surface area contributed by atoms with Gasteiger partial charge in [0.05, 0.1) is 10.9 Å². The zero-order chi connectivity index (χ0) is 12.1. The molecule has 1 heterocycles. The van der Waals surface area contributed by atoms with E-state index < -0.39 is 0 Å². The quantitative estimate of drug-likeness (QED) is 0.801. The molecule has 0 saturated carbocycles. The van der Waals surface area contributed by atoms with Crippen molar-refractivity contribution < 1.29 is 9.47 Å². The number of para-hydroxylation sites is 2. The zero-order valence-corrected chi connectivity index (χ0v) is 11.1. The summed E-state index contributed by atoms with van der Waals surface area (Å²) < 4.78 is 12.0. The fourth-order valence-electron chi connectivity index (χ4n) is 1.42. The first-order valence-electron chi connectivity index (χ1n) is 5.38. The predicted molar refractivity (Wildman–Crippen MR) is 71.3 cm³/mol. The van der Waals surface area contributed by atoms with E-state index in [2.05, 4.69) is 0 Å². The largest absolute Gasteiger partial charge is 0.490 e. The highest BCUT2D eigenvalue weighted by Gasteiger charge is 2.04. The normalized spacial score (nSPS) is 10.2. The monoisotopic (exact) mass is 268 g/mol. The highest BCUT2D eigenvalue weighted by molar-refractivity contribution is 7.16. The first kappa shape index (κ1) is 12.3. The molecule has 0 aliphatic heterocycles. The van der Waals surface area contributed by atoms with Crippen molar-refractivity contribution in [2.75, 3.05) is 6.61 Å². The SMILES string of the molecule is CCOc1ccccc1OCc1ccc(Cl)s1. The van der Waals surface area contributed by atoms with Crippen LogP contribution in [0.1, 0.15) is 11.8 Å². The number of thiophene rings is 1. The molecular formula is C13H13ClO2S. The zero-order valence-electron chi connectivity index (χ0n) is 9.48. The van der Waals surface area contributed by atoms with Gasteiger partial charge in [0.1, 0.15) is 6.61 Å². The number of hydrogen-bond donors (Lipinski definition) is 0. The molecule has 90 valence electrons. The Morgan fingerprint density at radius 3 is 2.35 bits per heavy atom. The van der Waals surface area contributed by atoms with Crippen LogP contribution in [-0.2, 0) is 6.61 Å². The molecule has 0 fully saturated rings. The van der Waals surface area contributed by atoms with Crippen LogP contribution in [-0.4, -0.2) is 6.61 Å². The number of hydrogen-bond acceptors (Lipinski definition) is 3. The lowest BCUT2D eigenvalue weighted by atomic mass is 10.3. The third-order valence-corrected chi connectivity index (χ3v) is 3.35. The van der Waals surface area contributed by atoms with Gasteiger partial charge in [0.15, 0.2) is 11.5 Å². The van der Waals surface area contributed by atoms with E-state index in [1.807, 2.05) is 43.3 Å². The van der Waals surface area contributed by atoms with E-state index in [9.17, 15) is 0 Å². The van der Waals surface area contributed by atoms with Gasteiger partial charge in [-0.25, -0.2) is 0 Å². The molecule has 0 N–H and O–H groups in total. The summed E-state index contributed by atoms with van der Waals surface area (Å²) in [7, 11) is 0. The van der Waals surface area contributed by atoms with Crippen LogP contribution in [0.25, 0.3) is 0 Å². The maximum atomic E-state index is 5.86. The average Bonchev–Trinajstić information content (AvgIpc) is 2.74. The maximum Gasteiger partial charge on any atom is 0.161 e. The van der Waals surface area contributed by atoms with Crippen LogP contribution in [0.4, 0.5) is 0 Å². The van der Waals surface area contributed by atoms with Crippen molar-refractivity contribution in [3.63, 3.8) is 0 Å². The second-order valence-corrected chi connectivity index (χ2v) is 5.17. The van der Waals surface area contributed by atoms with Crippen molar-refractivity contribution in [3.8, 4) is 11.5 Å². The van der Waals surface area contributed by atoms with E-state index >= 15 is 0 Å². The lowest BCUT2D eigenvalue weighted by Gasteiger charge is -2.10. The summed E-state index contributed by atoms with van der Waals surface area (Å²) in [6.45, 7) is 3.10. The van der Waals surface area contributed by atoms with Gasteiger partial charge in [-0.3, -0.25) is 0 Å². The summed E-state index contributed by atoms with van der Waals surface area (Å²) in [4.78, 5) is 1.10. The summed E-state index contributed by atoms with van der Waals surface area (Å²) in [6, 6.07) is 11.5. The van der Waals surface area contributed by atoms with Crippen LogP contribution >= 0.6 is 22.9 Å². The Hall–Kier alpha value is -1.19. The average molecular weight is 269 g/mol. The van der Waals surface area contributed by atoms with Crippen molar-refractivity contribution in [1.29, 1.82) is 0 Å². The Kier molecular flexibility index (Phi) is 4.29. The van der Waals surface area contributed by atoms with E-state index in [-0.39, 0.29) is 0 Å². The molecule has 17 heavy (non-hydrogen) atoms. The third-order valence-electron chi connectivity index (χ3n) is 2.15. The minimum atomic E-state index is 0.515. The molecule has 2 nitrogen and oxygen atoms in total. The molecule has 0 atom stereocenters. The molecule has 0 bridgehead atoms. The van der Waals surface area contributed by atoms with Crippen molar-refractivity contribution >= 4 is 22.9 Å². The van der Waals surface area contributed by atoms with Gasteiger partial charge in [-0.2, -0.15) is 0 Å². The Bertz CT molecular complexity index is 482. The van der Waals surface area contributed by atoms with Crippen molar-refractivity contribution in [2.45, 2.75) is 13.5 Å². The van der Waals surface area contributed by atoms with E-state index in [1.54, 1.807) is 0 Å². The minimum Gasteiger partial charge on any atom is -0.490 e. The Morgan fingerprint density at radius 1 is 1.06 bits per heavy atom. The van der Waals surface area contributed by atoms with E-state index in [4.69, 9.17) is 21.1 Å². The molecule has 1 aromatic carbocycles. The topological polar surface area (TPSA) is 18.5 Å². The summed E-state index contributed by atoms with van der Waals surface area (Å²) >= 11 is 7.39. The predicted octanol–water partition coefficient (Wildman–Crippen LogP) is 4.38. The first-order chi connectivity index (χ1) is 8.29. The van der Waals surface area contributed by atoms with Gasteiger partial charge in [0.25, 0.3) is 0 Å². The second kappa shape index (κ2) is 5.94. The number of halogens is 1. The Balaban J connectivity index is 2.03.